The molecule has 0 aromatic heterocycles. The molecule has 5 heteroatoms. The fourth-order valence-electron chi connectivity index (χ4n) is 2.67. The van der Waals surface area contributed by atoms with Crippen LogP contribution in [-0.4, -0.2) is 29.9 Å². The third-order valence-corrected chi connectivity index (χ3v) is 5.01. The van der Waals surface area contributed by atoms with Gasteiger partial charge in [-0.1, -0.05) is 49.4 Å². The molecule has 2 rings (SSSR count). The average molecular weight is 371 g/mol. The smallest absolute Gasteiger partial charge is 0.234 e. The lowest BCUT2D eigenvalue weighted by molar-refractivity contribution is -0.118. The molecule has 26 heavy (non-hydrogen) atoms. The summed E-state index contributed by atoms with van der Waals surface area (Å²) in [7, 11) is 0. The van der Waals surface area contributed by atoms with E-state index in [-0.39, 0.29) is 23.3 Å². The summed E-state index contributed by atoms with van der Waals surface area (Å²) < 4.78 is 0. The van der Waals surface area contributed by atoms with Gasteiger partial charge in [0.1, 0.15) is 0 Å². The summed E-state index contributed by atoms with van der Waals surface area (Å²) in [4.78, 5) is 24.0. The lowest BCUT2D eigenvalue weighted by Gasteiger charge is -2.16. The molecule has 0 saturated heterocycles. The van der Waals surface area contributed by atoms with Crippen LogP contribution in [-0.2, 0) is 9.59 Å². The van der Waals surface area contributed by atoms with Gasteiger partial charge in [0.05, 0.1) is 11.5 Å². The first kappa shape index (κ1) is 20.0. The molecule has 4 nitrogen and oxygen atoms in total. The van der Waals surface area contributed by atoms with E-state index >= 15 is 0 Å². The minimum atomic E-state index is -0.0934. The Balaban J connectivity index is 1.67. The van der Waals surface area contributed by atoms with E-state index < -0.39 is 0 Å². The van der Waals surface area contributed by atoms with Crippen molar-refractivity contribution in [2.45, 2.75) is 26.2 Å². The molecule has 0 fully saturated rings. The lowest BCUT2D eigenvalue weighted by Crippen LogP contribution is -2.30. The maximum absolute atomic E-state index is 12.0. The molecular weight excluding hydrogens is 344 g/mol. The lowest BCUT2D eigenvalue weighted by atomic mass is 9.96. The minimum Gasteiger partial charge on any atom is -0.355 e. The summed E-state index contributed by atoms with van der Waals surface area (Å²) in [5.74, 6) is 0.732. The summed E-state index contributed by atoms with van der Waals surface area (Å²) in [6, 6.07) is 17.9. The van der Waals surface area contributed by atoms with Crippen molar-refractivity contribution in [2.24, 2.45) is 0 Å². The van der Waals surface area contributed by atoms with E-state index in [0.717, 1.165) is 17.7 Å². The molecule has 0 radical (unpaired) electrons. The molecule has 0 aliphatic heterocycles. The van der Waals surface area contributed by atoms with Gasteiger partial charge in [0.2, 0.25) is 11.8 Å². The Labute approximate surface area is 159 Å². The number of thioether (sulfide) groups is 1. The van der Waals surface area contributed by atoms with Gasteiger partial charge in [0.25, 0.3) is 0 Å². The van der Waals surface area contributed by atoms with Crippen molar-refractivity contribution in [1.82, 2.24) is 5.32 Å². The SMILES string of the molecule is CCC(CNC(=O)CSCC(=O)Nc1cccc(C)c1)c1ccccc1. The zero-order chi connectivity index (χ0) is 18.8. The standard InChI is InChI=1S/C21H26N2O2S/c1-3-17(18-9-5-4-6-10-18)13-22-20(24)14-26-15-21(25)23-19-11-7-8-16(2)12-19/h4-12,17H,3,13-15H2,1-2H3,(H,22,24)(H,23,25). The van der Waals surface area contributed by atoms with Crippen molar-refractivity contribution in [3.8, 4) is 0 Å². The first-order chi connectivity index (χ1) is 12.6. The number of carbonyl (C=O) groups excluding carboxylic acids is 2. The molecule has 0 aliphatic carbocycles. The number of hydrogen-bond donors (Lipinski definition) is 2. The highest BCUT2D eigenvalue weighted by molar-refractivity contribution is 8.00. The van der Waals surface area contributed by atoms with Crippen LogP contribution >= 0.6 is 11.8 Å². The second-order valence-electron chi connectivity index (χ2n) is 6.23. The Morgan fingerprint density at radius 1 is 1.00 bits per heavy atom. The third kappa shape index (κ3) is 6.92. The van der Waals surface area contributed by atoms with Crippen molar-refractivity contribution in [1.29, 1.82) is 0 Å². The van der Waals surface area contributed by atoms with Crippen molar-refractivity contribution >= 4 is 29.3 Å². The number of anilines is 1. The van der Waals surface area contributed by atoms with Crippen molar-refractivity contribution < 1.29 is 9.59 Å². The monoisotopic (exact) mass is 370 g/mol. The Morgan fingerprint density at radius 2 is 1.73 bits per heavy atom. The Morgan fingerprint density at radius 3 is 2.42 bits per heavy atom. The molecule has 0 bridgehead atoms. The molecule has 138 valence electrons. The fraction of sp³-hybridized carbons (Fsp3) is 0.333. The van der Waals surface area contributed by atoms with Crippen LogP contribution in [0.15, 0.2) is 54.6 Å². The molecule has 2 aromatic rings. The number of benzene rings is 2. The van der Waals surface area contributed by atoms with Crippen LogP contribution in [0.1, 0.15) is 30.4 Å². The number of carbonyl (C=O) groups is 2. The topological polar surface area (TPSA) is 58.2 Å². The summed E-state index contributed by atoms with van der Waals surface area (Å²) in [5, 5.41) is 5.82. The third-order valence-electron chi connectivity index (χ3n) is 4.08. The molecule has 0 saturated carbocycles. The van der Waals surface area contributed by atoms with Crippen LogP contribution in [0.3, 0.4) is 0 Å². The molecule has 0 aliphatic rings. The Kier molecular flexibility index (Phi) is 8.22. The average Bonchev–Trinajstić information content (AvgIpc) is 2.63. The summed E-state index contributed by atoms with van der Waals surface area (Å²) in [5.41, 5.74) is 3.12. The number of nitrogens with one attached hydrogen (secondary N) is 2. The molecule has 2 amide bonds. The predicted molar refractivity (Wildman–Crippen MR) is 110 cm³/mol. The largest absolute Gasteiger partial charge is 0.355 e. The number of amides is 2. The summed E-state index contributed by atoms with van der Waals surface area (Å²) in [6.45, 7) is 4.72. The highest BCUT2D eigenvalue weighted by Gasteiger charge is 2.11. The quantitative estimate of drug-likeness (QED) is 0.702. The van der Waals surface area contributed by atoms with Gasteiger partial charge in [0, 0.05) is 18.2 Å². The van der Waals surface area contributed by atoms with Gasteiger partial charge in [-0.25, -0.2) is 0 Å². The second-order valence-corrected chi connectivity index (χ2v) is 7.22. The zero-order valence-corrected chi connectivity index (χ0v) is 16.1. The molecule has 2 aromatic carbocycles. The van der Waals surface area contributed by atoms with Gasteiger partial charge in [-0.2, -0.15) is 0 Å². The van der Waals surface area contributed by atoms with E-state index in [2.05, 4.69) is 29.7 Å². The van der Waals surface area contributed by atoms with Gasteiger partial charge in [0.15, 0.2) is 0 Å². The summed E-state index contributed by atoms with van der Waals surface area (Å²) in [6.07, 6.45) is 0.969. The maximum Gasteiger partial charge on any atom is 0.234 e. The van der Waals surface area contributed by atoms with Crippen molar-refractivity contribution in [3.05, 3.63) is 65.7 Å². The molecular formula is C21H26N2O2S. The Hall–Kier alpha value is -2.27. The first-order valence-electron chi connectivity index (χ1n) is 8.84. The van der Waals surface area contributed by atoms with Crippen molar-refractivity contribution in [3.63, 3.8) is 0 Å². The maximum atomic E-state index is 12.0. The van der Waals surface area contributed by atoms with Crippen LogP contribution in [0.4, 0.5) is 5.69 Å². The van der Waals surface area contributed by atoms with Crippen LogP contribution in [0.25, 0.3) is 0 Å². The highest BCUT2D eigenvalue weighted by Crippen LogP contribution is 2.18. The van der Waals surface area contributed by atoms with Crippen LogP contribution in [0.5, 0.6) is 0 Å². The molecule has 1 atom stereocenters. The fourth-order valence-corrected chi connectivity index (χ4v) is 3.31. The molecule has 0 heterocycles. The van der Waals surface area contributed by atoms with E-state index in [1.165, 1.54) is 17.3 Å². The minimum absolute atomic E-state index is 0.0345. The van der Waals surface area contributed by atoms with Crippen LogP contribution in [0, 0.1) is 6.92 Å². The first-order valence-corrected chi connectivity index (χ1v) is 10.00. The van der Waals surface area contributed by atoms with E-state index in [0.29, 0.717) is 12.5 Å². The number of aryl methyl sites for hydroxylation is 1. The van der Waals surface area contributed by atoms with E-state index in [4.69, 9.17) is 0 Å². The molecule has 1 unspecified atom stereocenters. The number of rotatable bonds is 9. The van der Waals surface area contributed by atoms with Gasteiger partial charge < -0.3 is 10.6 Å². The summed E-state index contributed by atoms with van der Waals surface area (Å²) >= 11 is 1.32. The normalized spacial score (nSPS) is 11.6. The Bertz CT molecular complexity index is 719. The van der Waals surface area contributed by atoms with E-state index in [1.54, 1.807) is 0 Å². The highest BCUT2D eigenvalue weighted by atomic mass is 32.2. The van der Waals surface area contributed by atoms with Crippen molar-refractivity contribution in [2.75, 3.05) is 23.4 Å². The second kappa shape index (κ2) is 10.7. The zero-order valence-electron chi connectivity index (χ0n) is 15.3. The molecule has 2 N–H and O–H groups in total. The number of hydrogen-bond acceptors (Lipinski definition) is 3. The predicted octanol–water partition coefficient (Wildman–Crippen LogP) is 3.98. The van der Waals surface area contributed by atoms with E-state index in [1.807, 2.05) is 49.4 Å². The van der Waals surface area contributed by atoms with E-state index in [9.17, 15) is 9.59 Å². The van der Waals surface area contributed by atoms with Crippen LogP contribution in [0.2, 0.25) is 0 Å². The molecule has 0 spiro atoms. The van der Waals surface area contributed by atoms with Gasteiger partial charge in [-0.3, -0.25) is 9.59 Å². The van der Waals surface area contributed by atoms with Gasteiger partial charge in [-0.05, 0) is 36.6 Å². The van der Waals surface area contributed by atoms with Crippen LogP contribution < -0.4 is 10.6 Å². The van der Waals surface area contributed by atoms with Gasteiger partial charge >= 0.3 is 0 Å². The van der Waals surface area contributed by atoms with Gasteiger partial charge in [-0.15, -0.1) is 11.8 Å².